The third-order valence-electron chi connectivity index (χ3n) is 5.25. The highest BCUT2D eigenvalue weighted by atomic mass is 79.9. The topological polar surface area (TPSA) is 49.4 Å². The molecule has 0 bridgehead atoms. The van der Waals surface area contributed by atoms with E-state index in [0.717, 1.165) is 47.7 Å². The standard InChI is InChI=1S/C19H25BrN2O2/c1-3-5-14(4-2)21-17(23)11-22-12-19(8-9-19)16-10-13(20)6-7-15(16)18(22)24/h6-7,10,14H,3-5,8-9,11-12H2,1-2H3,(H,21,23). The van der Waals surface area contributed by atoms with Crippen molar-refractivity contribution in [2.75, 3.05) is 13.1 Å². The fraction of sp³-hybridized carbons (Fsp3) is 0.579. The van der Waals surface area contributed by atoms with Gasteiger partial charge < -0.3 is 10.2 Å². The van der Waals surface area contributed by atoms with Crippen LogP contribution >= 0.6 is 15.9 Å². The van der Waals surface area contributed by atoms with E-state index in [1.54, 1.807) is 4.90 Å². The molecule has 0 aromatic heterocycles. The van der Waals surface area contributed by atoms with Crippen LogP contribution in [0.25, 0.3) is 0 Å². The van der Waals surface area contributed by atoms with Gasteiger partial charge in [0.2, 0.25) is 5.91 Å². The highest BCUT2D eigenvalue weighted by molar-refractivity contribution is 9.10. The minimum atomic E-state index is -0.0417. The molecule has 1 N–H and O–H groups in total. The second kappa shape index (κ2) is 6.87. The van der Waals surface area contributed by atoms with Crippen molar-refractivity contribution in [2.45, 2.75) is 57.4 Å². The van der Waals surface area contributed by atoms with Gasteiger partial charge in [-0.2, -0.15) is 0 Å². The first kappa shape index (κ1) is 17.5. The van der Waals surface area contributed by atoms with Gasteiger partial charge in [-0.05, 0) is 49.4 Å². The Hall–Kier alpha value is -1.36. The zero-order valence-corrected chi connectivity index (χ0v) is 16.0. The lowest BCUT2D eigenvalue weighted by Crippen LogP contribution is -2.49. The van der Waals surface area contributed by atoms with Crippen LogP contribution in [0.15, 0.2) is 22.7 Å². The summed E-state index contributed by atoms with van der Waals surface area (Å²) in [5.74, 6) is -0.0614. The average molecular weight is 393 g/mol. The Balaban J connectivity index is 1.73. The highest BCUT2D eigenvalue weighted by Gasteiger charge is 2.51. The van der Waals surface area contributed by atoms with Gasteiger partial charge in [0.15, 0.2) is 0 Å². The molecule has 1 atom stereocenters. The smallest absolute Gasteiger partial charge is 0.254 e. The Morgan fingerprint density at radius 2 is 2.12 bits per heavy atom. The van der Waals surface area contributed by atoms with Crippen molar-refractivity contribution in [3.05, 3.63) is 33.8 Å². The Morgan fingerprint density at radius 1 is 1.38 bits per heavy atom. The molecule has 0 radical (unpaired) electrons. The Morgan fingerprint density at radius 3 is 2.75 bits per heavy atom. The lowest BCUT2D eigenvalue weighted by Gasteiger charge is -2.34. The van der Waals surface area contributed by atoms with E-state index in [0.29, 0.717) is 6.54 Å². The number of nitrogens with zero attached hydrogens (tertiary/aromatic N) is 1. The molecule has 5 heteroatoms. The van der Waals surface area contributed by atoms with Gasteiger partial charge in [0.25, 0.3) is 5.91 Å². The van der Waals surface area contributed by atoms with Crippen molar-refractivity contribution in [1.82, 2.24) is 10.2 Å². The molecule has 1 aromatic carbocycles. The summed E-state index contributed by atoms with van der Waals surface area (Å²) in [6.45, 7) is 5.03. The number of fused-ring (bicyclic) bond motifs is 2. The highest BCUT2D eigenvalue weighted by Crippen LogP contribution is 2.52. The lowest BCUT2D eigenvalue weighted by atomic mass is 9.86. The molecular weight excluding hydrogens is 368 g/mol. The van der Waals surface area contributed by atoms with E-state index in [1.807, 2.05) is 12.1 Å². The van der Waals surface area contributed by atoms with E-state index in [1.165, 1.54) is 0 Å². The first-order chi connectivity index (χ1) is 11.5. The zero-order chi connectivity index (χ0) is 17.3. The van der Waals surface area contributed by atoms with Crippen molar-refractivity contribution >= 4 is 27.7 Å². The molecule has 3 rings (SSSR count). The van der Waals surface area contributed by atoms with Crippen molar-refractivity contribution in [3.8, 4) is 0 Å². The van der Waals surface area contributed by atoms with Crippen molar-refractivity contribution in [2.24, 2.45) is 0 Å². The molecule has 1 aliphatic heterocycles. The van der Waals surface area contributed by atoms with E-state index >= 15 is 0 Å². The number of benzene rings is 1. The monoisotopic (exact) mass is 392 g/mol. The molecule has 2 aliphatic rings. The molecule has 0 saturated heterocycles. The normalized spacial score (nSPS) is 19.1. The van der Waals surface area contributed by atoms with Crippen LogP contribution in [0, 0.1) is 0 Å². The molecule has 1 unspecified atom stereocenters. The zero-order valence-electron chi connectivity index (χ0n) is 14.4. The predicted octanol–water partition coefficient (Wildman–Crippen LogP) is 3.63. The van der Waals surface area contributed by atoms with Crippen LogP contribution in [0.5, 0.6) is 0 Å². The quantitative estimate of drug-likeness (QED) is 0.803. The molecule has 1 fully saturated rings. The molecule has 130 valence electrons. The summed E-state index contributed by atoms with van der Waals surface area (Å²) in [4.78, 5) is 26.9. The van der Waals surface area contributed by atoms with E-state index in [2.05, 4.69) is 41.2 Å². The maximum atomic E-state index is 12.8. The van der Waals surface area contributed by atoms with Gasteiger partial charge in [-0.1, -0.05) is 36.2 Å². The third-order valence-corrected chi connectivity index (χ3v) is 5.74. The minimum absolute atomic E-state index is 0.0197. The van der Waals surface area contributed by atoms with Crippen LogP contribution in [0.3, 0.4) is 0 Å². The van der Waals surface area contributed by atoms with Gasteiger partial charge in [-0.15, -0.1) is 0 Å². The molecule has 4 nitrogen and oxygen atoms in total. The summed E-state index contributed by atoms with van der Waals surface area (Å²) in [5, 5.41) is 3.08. The SMILES string of the molecule is CCCC(CC)NC(=O)CN1CC2(CC2)c2cc(Br)ccc2C1=O. The van der Waals surface area contributed by atoms with E-state index in [4.69, 9.17) is 0 Å². The van der Waals surface area contributed by atoms with E-state index in [9.17, 15) is 9.59 Å². The molecule has 1 saturated carbocycles. The molecule has 24 heavy (non-hydrogen) atoms. The second-order valence-corrected chi connectivity index (χ2v) is 8.01. The van der Waals surface area contributed by atoms with Crippen LogP contribution in [-0.2, 0) is 10.2 Å². The molecule has 1 aliphatic carbocycles. The van der Waals surface area contributed by atoms with E-state index in [-0.39, 0.29) is 29.8 Å². The summed E-state index contributed by atoms with van der Waals surface area (Å²) in [7, 11) is 0. The van der Waals surface area contributed by atoms with Crippen molar-refractivity contribution in [3.63, 3.8) is 0 Å². The number of halogens is 1. The fourth-order valence-corrected chi connectivity index (χ4v) is 4.08. The minimum Gasteiger partial charge on any atom is -0.352 e. The molecule has 1 spiro atoms. The van der Waals surface area contributed by atoms with Crippen LogP contribution in [0.2, 0.25) is 0 Å². The largest absolute Gasteiger partial charge is 0.352 e. The molecule has 1 aromatic rings. The summed E-state index contributed by atoms with van der Waals surface area (Å²) in [6.07, 6.45) is 5.14. The second-order valence-electron chi connectivity index (χ2n) is 7.09. The number of carbonyl (C=O) groups is 2. The maximum Gasteiger partial charge on any atom is 0.254 e. The van der Waals surface area contributed by atoms with Gasteiger partial charge in [-0.3, -0.25) is 9.59 Å². The summed E-state index contributed by atoms with van der Waals surface area (Å²) >= 11 is 3.51. The third kappa shape index (κ3) is 3.37. The van der Waals surface area contributed by atoms with Gasteiger partial charge in [0.1, 0.15) is 0 Å². The average Bonchev–Trinajstić information content (AvgIpc) is 3.32. The number of nitrogens with one attached hydrogen (secondary N) is 1. The summed E-state index contributed by atoms with van der Waals surface area (Å²) < 4.78 is 1.01. The number of hydrogen-bond acceptors (Lipinski definition) is 2. The number of carbonyl (C=O) groups excluding carboxylic acids is 2. The van der Waals surface area contributed by atoms with Crippen LogP contribution in [0.4, 0.5) is 0 Å². The van der Waals surface area contributed by atoms with Crippen LogP contribution < -0.4 is 5.32 Å². The maximum absolute atomic E-state index is 12.8. The van der Waals surface area contributed by atoms with Crippen molar-refractivity contribution in [1.29, 1.82) is 0 Å². The van der Waals surface area contributed by atoms with E-state index < -0.39 is 0 Å². The lowest BCUT2D eigenvalue weighted by molar-refractivity contribution is -0.122. The summed E-state index contributed by atoms with van der Waals surface area (Å²) in [6, 6.07) is 6.08. The van der Waals surface area contributed by atoms with Crippen LogP contribution in [0.1, 0.15) is 61.9 Å². The van der Waals surface area contributed by atoms with Gasteiger partial charge in [0.05, 0.1) is 6.54 Å². The van der Waals surface area contributed by atoms with Gasteiger partial charge in [-0.25, -0.2) is 0 Å². The molecule has 1 heterocycles. The fourth-order valence-electron chi connectivity index (χ4n) is 3.71. The van der Waals surface area contributed by atoms with Gasteiger partial charge in [0, 0.05) is 28.0 Å². The van der Waals surface area contributed by atoms with Crippen molar-refractivity contribution < 1.29 is 9.59 Å². The van der Waals surface area contributed by atoms with Crippen LogP contribution in [-0.4, -0.2) is 35.8 Å². The molecular formula is C19H25BrN2O2. The van der Waals surface area contributed by atoms with Gasteiger partial charge >= 0.3 is 0 Å². The Bertz CT molecular complexity index is 655. The number of amides is 2. The predicted molar refractivity (Wildman–Crippen MR) is 98.1 cm³/mol. The number of rotatable bonds is 6. The Labute approximate surface area is 152 Å². The molecule has 2 amide bonds. The number of hydrogen-bond donors (Lipinski definition) is 1. The summed E-state index contributed by atoms with van der Waals surface area (Å²) in [5.41, 5.74) is 1.98. The first-order valence-electron chi connectivity index (χ1n) is 8.87. The first-order valence-corrected chi connectivity index (χ1v) is 9.67. The Kier molecular flexibility index (Phi) is 5.00.